The fourth-order valence-corrected chi connectivity index (χ4v) is 6.47. The SMILES string of the molecule is COc1ccc(CN(C(=O)COc2ccc(S(=O)(=O)N3CCOCC3)cc2)C(Cc2ccccc2)C(=O)NCc2ccco2)cc1. The van der Waals surface area contributed by atoms with Crippen LogP contribution in [0.4, 0.5) is 0 Å². The Labute approximate surface area is 268 Å². The van der Waals surface area contributed by atoms with Crippen LogP contribution in [0.1, 0.15) is 16.9 Å². The highest BCUT2D eigenvalue weighted by atomic mass is 32.2. The van der Waals surface area contributed by atoms with Gasteiger partial charge in [0.1, 0.15) is 23.3 Å². The predicted octanol–water partition coefficient (Wildman–Crippen LogP) is 3.64. The van der Waals surface area contributed by atoms with Crippen molar-refractivity contribution in [2.45, 2.75) is 30.4 Å². The zero-order valence-electron chi connectivity index (χ0n) is 25.5. The lowest BCUT2D eigenvalue weighted by atomic mass is 10.0. The van der Waals surface area contributed by atoms with Crippen LogP contribution in [-0.4, -0.2) is 75.5 Å². The topological polar surface area (TPSA) is 128 Å². The Kier molecular flexibility index (Phi) is 11.1. The lowest BCUT2D eigenvalue weighted by molar-refractivity contribution is -0.142. The number of furan rings is 1. The Morgan fingerprint density at radius 1 is 0.891 bits per heavy atom. The number of nitrogens with zero attached hydrogens (tertiary/aromatic N) is 2. The smallest absolute Gasteiger partial charge is 0.261 e. The number of rotatable bonds is 14. The number of carbonyl (C=O) groups excluding carboxylic acids is 2. The number of carbonyl (C=O) groups is 2. The van der Waals surface area contributed by atoms with Crippen LogP contribution in [0.2, 0.25) is 0 Å². The van der Waals surface area contributed by atoms with Crippen molar-refractivity contribution in [1.29, 1.82) is 0 Å². The first-order valence-electron chi connectivity index (χ1n) is 14.9. The lowest BCUT2D eigenvalue weighted by Gasteiger charge is -2.31. The molecule has 1 saturated heterocycles. The first-order chi connectivity index (χ1) is 22.3. The summed E-state index contributed by atoms with van der Waals surface area (Å²) in [6.45, 7) is 1.20. The van der Waals surface area contributed by atoms with Crippen molar-refractivity contribution in [2.24, 2.45) is 0 Å². The molecule has 1 aliphatic heterocycles. The van der Waals surface area contributed by atoms with E-state index in [0.29, 0.717) is 43.6 Å². The minimum atomic E-state index is -3.67. The number of hydrogen-bond acceptors (Lipinski definition) is 8. The van der Waals surface area contributed by atoms with Gasteiger partial charge in [-0.05, 0) is 59.7 Å². The van der Waals surface area contributed by atoms with Crippen molar-refractivity contribution in [1.82, 2.24) is 14.5 Å². The van der Waals surface area contributed by atoms with E-state index in [1.54, 1.807) is 31.4 Å². The van der Waals surface area contributed by atoms with Gasteiger partial charge in [-0.15, -0.1) is 0 Å². The summed E-state index contributed by atoms with van der Waals surface area (Å²) in [5.74, 6) is 0.804. The summed E-state index contributed by atoms with van der Waals surface area (Å²) in [6, 6.07) is 25.3. The highest BCUT2D eigenvalue weighted by Crippen LogP contribution is 2.22. The van der Waals surface area contributed by atoms with Gasteiger partial charge in [-0.2, -0.15) is 4.31 Å². The number of ether oxygens (including phenoxy) is 3. The van der Waals surface area contributed by atoms with Gasteiger partial charge in [-0.1, -0.05) is 42.5 Å². The molecule has 1 N–H and O–H groups in total. The van der Waals surface area contributed by atoms with Crippen LogP contribution >= 0.6 is 0 Å². The van der Waals surface area contributed by atoms with E-state index in [0.717, 1.165) is 11.1 Å². The van der Waals surface area contributed by atoms with E-state index in [-0.39, 0.29) is 36.9 Å². The molecule has 1 aliphatic rings. The third-order valence-corrected chi connectivity index (χ3v) is 9.51. The maximum atomic E-state index is 13.9. The Hall–Kier alpha value is -4.65. The molecule has 5 rings (SSSR count). The molecule has 1 aromatic heterocycles. The molecule has 4 aromatic rings. The zero-order valence-corrected chi connectivity index (χ0v) is 26.4. The second kappa shape index (κ2) is 15.6. The Bertz CT molecular complexity index is 1660. The summed E-state index contributed by atoms with van der Waals surface area (Å²) in [5.41, 5.74) is 1.68. The van der Waals surface area contributed by atoms with E-state index >= 15 is 0 Å². The van der Waals surface area contributed by atoms with Crippen molar-refractivity contribution in [2.75, 3.05) is 40.0 Å². The first kappa shape index (κ1) is 32.7. The van der Waals surface area contributed by atoms with Gasteiger partial charge in [0.25, 0.3) is 5.91 Å². The summed E-state index contributed by atoms with van der Waals surface area (Å²) in [4.78, 5) is 29.3. The average molecular weight is 648 g/mol. The molecule has 1 atom stereocenters. The third-order valence-electron chi connectivity index (χ3n) is 7.59. The van der Waals surface area contributed by atoms with Gasteiger partial charge >= 0.3 is 0 Å². The van der Waals surface area contributed by atoms with E-state index in [2.05, 4.69) is 5.32 Å². The maximum absolute atomic E-state index is 13.9. The van der Waals surface area contributed by atoms with Crippen LogP contribution in [0.3, 0.4) is 0 Å². The second-order valence-electron chi connectivity index (χ2n) is 10.6. The molecular weight excluding hydrogens is 610 g/mol. The predicted molar refractivity (Wildman–Crippen MR) is 170 cm³/mol. The molecule has 0 radical (unpaired) electrons. The van der Waals surface area contributed by atoms with Gasteiger partial charge < -0.3 is 28.8 Å². The van der Waals surface area contributed by atoms with Crippen molar-refractivity contribution in [3.05, 3.63) is 114 Å². The summed E-state index contributed by atoms with van der Waals surface area (Å²) in [5, 5.41) is 2.91. The molecule has 2 amide bonds. The first-order valence-corrected chi connectivity index (χ1v) is 16.3. The molecule has 0 saturated carbocycles. The van der Waals surface area contributed by atoms with Gasteiger partial charge in [0, 0.05) is 26.1 Å². The van der Waals surface area contributed by atoms with E-state index in [9.17, 15) is 18.0 Å². The maximum Gasteiger partial charge on any atom is 0.261 e. The van der Waals surface area contributed by atoms with E-state index < -0.39 is 22.0 Å². The molecule has 11 nitrogen and oxygen atoms in total. The molecule has 46 heavy (non-hydrogen) atoms. The van der Waals surface area contributed by atoms with Gasteiger partial charge in [0.2, 0.25) is 15.9 Å². The quantitative estimate of drug-likeness (QED) is 0.220. The van der Waals surface area contributed by atoms with Crippen LogP contribution in [-0.2, 0) is 43.9 Å². The van der Waals surface area contributed by atoms with Gasteiger partial charge in [0.05, 0.1) is 38.0 Å². The van der Waals surface area contributed by atoms with Gasteiger partial charge in [-0.3, -0.25) is 9.59 Å². The Morgan fingerprint density at radius 2 is 1.59 bits per heavy atom. The van der Waals surface area contributed by atoms with Gasteiger partial charge in [-0.25, -0.2) is 8.42 Å². The molecule has 0 aliphatic carbocycles. The Morgan fingerprint density at radius 3 is 2.24 bits per heavy atom. The lowest BCUT2D eigenvalue weighted by Crippen LogP contribution is -2.51. The van der Waals surface area contributed by atoms with Gasteiger partial charge in [0.15, 0.2) is 6.61 Å². The number of nitrogens with one attached hydrogen (secondary N) is 1. The third kappa shape index (κ3) is 8.53. The summed E-state index contributed by atoms with van der Waals surface area (Å²) < 4.78 is 49.2. The largest absolute Gasteiger partial charge is 0.497 e. The number of morpholine rings is 1. The number of methoxy groups -OCH3 is 1. The summed E-state index contributed by atoms with van der Waals surface area (Å²) in [7, 11) is -2.10. The number of hydrogen-bond donors (Lipinski definition) is 1. The van der Waals surface area contributed by atoms with Crippen molar-refractivity contribution in [3.8, 4) is 11.5 Å². The minimum absolute atomic E-state index is 0.130. The number of amides is 2. The monoisotopic (exact) mass is 647 g/mol. The molecular formula is C34H37N3O8S. The fraction of sp³-hybridized carbons (Fsp3) is 0.294. The highest BCUT2D eigenvalue weighted by molar-refractivity contribution is 7.89. The molecule has 1 unspecified atom stereocenters. The number of benzene rings is 3. The normalized spacial score (nSPS) is 14.3. The minimum Gasteiger partial charge on any atom is -0.497 e. The van der Waals surface area contributed by atoms with Crippen molar-refractivity contribution < 1.29 is 36.6 Å². The van der Waals surface area contributed by atoms with Crippen molar-refractivity contribution in [3.63, 3.8) is 0 Å². The standard InChI is InChI=1S/C34H37N3O8S/c1-42-28-11-9-27(10-12-28)24-37(32(22-26-6-3-2-4-7-26)34(39)35-23-30-8-5-19-44-30)33(38)25-45-29-13-15-31(16-14-29)46(40,41)36-17-20-43-21-18-36/h2-16,19,32H,17-18,20-25H2,1H3,(H,35,39). The van der Waals surface area contributed by atoms with Crippen LogP contribution in [0.15, 0.2) is 107 Å². The fourth-order valence-electron chi connectivity index (χ4n) is 5.06. The zero-order chi connectivity index (χ0) is 32.4. The second-order valence-corrected chi connectivity index (χ2v) is 12.6. The Balaban J connectivity index is 1.35. The molecule has 1 fully saturated rings. The van der Waals surface area contributed by atoms with Crippen LogP contribution in [0, 0.1) is 0 Å². The van der Waals surface area contributed by atoms with Crippen LogP contribution in [0.25, 0.3) is 0 Å². The molecule has 2 heterocycles. The average Bonchev–Trinajstić information content (AvgIpc) is 3.63. The molecule has 0 bridgehead atoms. The molecule has 242 valence electrons. The molecule has 0 spiro atoms. The van der Waals surface area contributed by atoms with E-state index in [1.807, 2.05) is 42.5 Å². The van der Waals surface area contributed by atoms with Crippen LogP contribution in [0.5, 0.6) is 11.5 Å². The van der Waals surface area contributed by atoms with Crippen LogP contribution < -0.4 is 14.8 Å². The van der Waals surface area contributed by atoms with E-state index in [4.69, 9.17) is 18.6 Å². The molecule has 3 aromatic carbocycles. The summed E-state index contributed by atoms with van der Waals surface area (Å²) >= 11 is 0. The summed E-state index contributed by atoms with van der Waals surface area (Å²) in [6.07, 6.45) is 1.80. The number of sulfonamides is 1. The van der Waals surface area contributed by atoms with Crippen molar-refractivity contribution >= 4 is 21.8 Å². The molecule has 12 heteroatoms. The highest BCUT2D eigenvalue weighted by Gasteiger charge is 2.31. The van der Waals surface area contributed by atoms with E-state index in [1.165, 1.54) is 39.7 Å².